The van der Waals surface area contributed by atoms with Crippen LogP contribution in [0.15, 0.2) is 42.5 Å². The normalized spacial score (nSPS) is 11.8. The van der Waals surface area contributed by atoms with Gasteiger partial charge in [-0.3, -0.25) is 4.79 Å². The fraction of sp³-hybridized carbons (Fsp3) is 0.188. The van der Waals surface area contributed by atoms with Gasteiger partial charge in [-0.25, -0.2) is 8.78 Å². The minimum absolute atomic E-state index is 0.0980. The predicted molar refractivity (Wildman–Crippen MR) is 76.3 cm³/mol. The molecule has 1 N–H and O–H groups in total. The first-order chi connectivity index (χ1) is 9.95. The summed E-state index contributed by atoms with van der Waals surface area (Å²) in [5.74, 6) is -2.25. The van der Waals surface area contributed by atoms with Crippen LogP contribution in [-0.4, -0.2) is 12.0 Å². The first-order valence-corrected chi connectivity index (χ1v) is 6.45. The van der Waals surface area contributed by atoms with Gasteiger partial charge < -0.3 is 10.1 Å². The van der Waals surface area contributed by atoms with Crippen LogP contribution in [0.4, 0.5) is 14.5 Å². The van der Waals surface area contributed by atoms with Crippen LogP contribution in [0.5, 0.6) is 5.75 Å². The van der Waals surface area contributed by atoms with Gasteiger partial charge in [-0.1, -0.05) is 12.1 Å². The molecule has 1 amide bonds. The third kappa shape index (κ3) is 4.02. The van der Waals surface area contributed by atoms with E-state index in [9.17, 15) is 13.6 Å². The van der Waals surface area contributed by atoms with E-state index in [0.717, 1.165) is 17.7 Å². The first-order valence-electron chi connectivity index (χ1n) is 6.45. The van der Waals surface area contributed by atoms with E-state index in [4.69, 9.17) is 4.74 Å². The van der Waals surface area contributed by atoms with Gasteiger partial charge in [-0.15, -0.1) is 0 Å². The maximum atomic E-state index is 13.1. The van der Waals surface area contributed by atoms with E-state index in [2.05, 4.69) is 5.32 Å². The Balaban J connectivity index is 2.00. The van der Waals surface area contributed by atoms with Crippen LogP contribution in [0.25, 0.3) is 0 Å². The Labute approximate surface area is 121 Å². The number of rotatable bonds is 4. The van der Waals surface area contributed by atoms with Gasteiger partial charge in [0.2, 0.25) is 0 Å². The molecule has 0 aliphatic carbocycles. The van der Waals surface area contributed by atoms with E-state index >= 15 is 0 Å². The molecule has 0 aliphatic rings. The van der Waals surface area contributed by atoms with Crippen molar-refractivity contribution in [2.45, 2.75) is 20.0 Å². The summed E-state index contributed by atoms with van der Waals surface area (Å²) in [5.41, 5.74) is 1.67. The Morgan fingerprint density at radius 2 is 1.90 bits per heavy atom. The molecular weight excluding hydrogens is 276 g/mol. The third-order valence-electron chi connectivity index (χ3n) is 2.86. The number of carbonyl (C=O) groups is 1. The molecule has 2 aromatic carbocycles. The number of carbonyl (C=O) groups excluding carboxylic acids is 1. The summed E-state index contributed by atoms with van der Waals surface area (Å²) in [6, 6.07) is 10.5. The zero-order chi connectivity index (χ0) is 15.4. The lowest BCUT2D eigenvalue weighted by Gasteiger charge is -2.15. The highest BCUT2D eigenvalue weighted by Crippen LogP contribution is 2.17. The molecule has 0 heterocycles. The monoisotopic (exact) mass is 291 g/mol. The second kappa shape index (κ2) is 6.35. The van der Waals surface area contributed by atoms with Crippen molar-refractivity contribution in [3.8, 4) is 5.75 Å². The van der Waals surface area contributed by atoms with Crippen molar-refractivity contribution in [2.24, 2.45) is 0 Å². The number of hydrogen-bond donors (Lipinski definition) is 1. The Morgan fingerprint density at radius 3 is 2.57 bits per heavy atom. The van der Waals surface area contributed by atoms with Crippen LogP contribution in [0.2, 0.25) is 0 Å². The first kappa shape index (κ1) is 15.0. The molecule has 2 rings (SSSR count). The molecule has 1 atom stereocenters. The van der Waals surface area contributed by atoms with Crippen molar-refractivity contribution >= 4 is 11.6 Å². The van der Waals surface area contributed by atoms with E-state index in [1.807, 2.05) is 25.1 Å². The van der Waals surface area contributed by atoms with Gasteiger partial charge in [0.05, 0.1) is 0 Å². The zero-order valence-electron chi connectivity index (χ0n) is 11.7. The molecule has 0 aliphatic heterocycles. The SMILES string of the molecule is Cc1cccc(NC(=O)C(C)Oc2ccc(F)c(F)c2)c1. The maximum absolute atomic E-state index is 13.1. The standard InChI is InChI=1S/C16H15F2NO2/c1-10-4-3-5-12(8-10)19-16(20)11(2)21-13-6-7-14(17)15(18)9-13/h3-9,11H,1-2H3,(H,19,20). The summed E-state index contributed by atoms with van der Waals surface area (Å²) in [5, 5.41) is 2.70. The van der Waals surface area contributed by atoms with Gasteiger partial charge in [0.25, 0.3) is 5.91 Å². The average molecular weight is 291 g/mol. The van der Waals surface area contributed by atoms with E-state index < -0.39 is 17.7 Å². The summed E-state index contributed by atoms with van der Waals surface area (Å²) >= 11 is 0. The van der Waals surface area contributed by atoms with Gasteiger partial charge in [-0.2, -0.15) is 0 Å². The number of nitrogens with one attached hydrogen (secondary N) is 1. The highest BCUT2D eigenvalue weighted by molar-refractivity contribution is 5.94. The quantitative estimate of drug-likeness (QED) is 0.933. The second-order valence-corrected chi connectivity index (χ2v) is 4.69. The summed E-state index contributed by atoms with van der Waals surface area (Å²) in [6.07, 6.45) is -0.838. The molecule has 0 fully saturated rings. The summed E-state index contributed by atoms with van der Waals surface area (Å²) in [7, 11) is 0. The largest absolute Gasteiger partial charge is 0.481 e. The maximum Gasteiger partial charge on any atom is 0.265 e. The van der Waals surface area contributed by atoms with E-state index in [0.29, 0.717) is 5.69 Å². The lowest BCUT2D eigenvalue weighted by atomic mass is 10.2. The van der Waals surface area contributed by atoms with Gasteiger partial charge in [0, 0.05) is 11.8 Å². The van der Waals surface area contributed by atoms with E-state index in [1.54, 1.807) is 6.07 Å². The molecule has 0 radical (unpaired) electrons. The number of ether oxygens (including phenoxy) is 1. The molecule has 0 saturated heterocycles. The van der Waals surface area contributed by atoms with Crippen LogP contribution in [0.1, 0.15) is 12.5 Å². The number of benzene rings is 2. The van der Waals surface area contributed by atoms with Gasteiger partial charge >= 0.3 is 0 Å². The van der Waals surface area contributed by atoms with Crippen molar-refractivity contribution in [2.75, 3.05) is 5.32 Å². The van der Waals surface area contributed by atoms with Crippen LogP contribution in [-0.2, 0) is 4.79 Å². The highest BCUT2D eigenvalue weighted by atomic mass is 19.2. The molecule has 0 spiro atoms. The summed E-state index contributed by atoms with van der Waals surface area (Å²) < 4.78 is 31.2. The minimum atomic E-state index is -1.02. The molecule has 2 aromatic rings. The van der Waals surface area contributed by atoms with Crippen LogP contribution in [0, 0.1) is 18.6 Å². The van der Waals surface area contributed by atoms with Crippen molar-refractivity contribution in [3.05, 3.63) is 59.7 Å². The molecule has 5 heteroatoms. The molecule has 3 nitrogen and oxygen atoms in total. The van der Waals surface area contributed by atoms with Crippen molar-refractivity contribution in [1.29, 1.82) is 0 Å². The minimum Gasteiger partial charge on any atom is -0.481 e. The van der Waals surface area contributed by atoms with Crippen LogP contribution in [0.3, 0.4) is 0 Å². The Morgan fingerprint density at radius 1 is 1.14 bits per heavy atom. The molecule has 21 heavy (non-hydrogen) atoms. The molecule has 0 saturated carbocycles. The Bertz CT molecular complexity index is 658. The summed E-state index contributed by atoms with van der Waals surface area (Å²) in [6.45, 7) is 3.45. The number of anilines is 1. The smallest absolute Gasteiger partial charge is 0.265 e. The lowest BCUT2D eigenvalue weighted by molar-refractivity contribution is -0.122. The molecule has 0 aromatic heterocycles. The highest BCUT2D eigenvalue weighted by Gasteiger charge is 2.15. The predicted octanol–water partition coefficient (Wildman–Crippen LogP) is 3.68. The summed E-state index contributed by atoms with van der Waals surface area (Å²) in [4.78, 5) is 12.0. The zero-order valence-corrected chi connectivity index (χ0v) is 11.7. The van der Waals surface area contributed by atoms with Crippen LogP contribution < -0.4 is 10.1 Å². The van der Waals surface area contributed by atoms with Gasteiger partial charge in [0.15, 0.2) is 17.7 Å². The topological polar surface area (TPSA) is 38.3 Å². The van der Waals surface area contributed by atoms with Crippen molar-refractivity contribution < 1.29 is 18.3 Å². The Kier molecular flexibility index (Phi) is 4.52. The van der Waals surface area contributed by atoms with Gasteiger partial charge in [-0.05, 0) is 43.7 Å². The number of aryl methyl sites for hydroxylation is 1. The molecule has 0 bridgehead atoms. The number of hydrogen-bond acceptors (Lipinski definition) is 2. The van der Waals surface area contributed by atoms with Crippen molar-refractivity contribution in [3.63, 3.8) is 0 Å². The fourth-order valence-electron chi connectivity index (χ4n) is 1.77. The van der Waals surface area contributed by atoms with E-state index in [-0.39, 0.29) is 11.7 Å². The average Bonchev–Trinajstić information content (AvgIpc) is 2.43. The van der Waals surface area contributed by atoms with Crippen LogP contribution >= 0.6 is 0 Å². The fourth-order valence-corrected chi connectivity index (χ4v) is 1.77. The molecular formula is C16H15F2NO2. The Hall–Kier alpha value is -2.43. The third-order valence-corrected chi connectivity index (χ3v) is 2.86. The van der Waals surface area contributed by atoms with Gasteiger partial charge in [0.1, 0.15) is 5.75 Å². The molecule has 110 valence electrons. The van der Waals surface area contributed by atoms with E-state index in [1.165, 1.54) is 13.0 Å². The van der Waals surface area contributed by atoms with Crippen molar-refractivity contribution in [1.82, 2.24) is 0 Å². The number of amides is 1. The lowest BCUT2D eigenvalue weighted by Crippen LogP contribution is -2.30. The second-order valence-electron chi connectivity index (χ2n) is 4.69. The molecule has 1 unspecified atom stereocenters. The number of halogens is 2.